The second-order valence-electron chi connectivity index (χ2n) is 4.89. The minimum absolute atomic E-state index is 0.0567. The average molecular weight is 293 g/mol. The highest BCUT2D eigenvalue weighted by Crippen LogP contribution is 2.20. The number of amides is 1. The molecule has 21 heavy (non-hydrogen) atoms. The van der Waals surface area contributed by atoms with Crippen LogP contribution in [-0.2, 0) is 11.2 Å². The third-order valence-electron chi connectivity index (χ3n) is 3.58. The molecule has 2 N–H and O–H groups in total. The van der Waals surface area contributed by atoms with Crippen LogP contribution in [0.15, 0.2) is 18.2 Å². The second kappa shape index (κ2) is 8.29. The Morgan fingerprint density at radius 1 is 1.29 bits per heavy atom. The van der Waals surface area contributed by atoms with Gasteiger partial charge < -0.3 is 15.2 Å². The fraction of sp³-hybridized carbons (Fsp3) is 0.500. The molecule has 116 valence electrons. The van der Waals surface area contributed by atoms with Gasteiger partial charge in [-0.15, -0.1) is 0 Å². The van der Waals surface area contributed by atoms with Gasteiger partial charge in [0, 0.05) is 12.5 Å². The first kappa shape index (κ1) is 17.0. The van der Waals surface area contributed by atoms with Crippen molar-refractivity contribution in [3.05, 3.63) is 29.3 Å². The average Bonchev–Trinajstić information content (AvgIpc) is 2.48. The van der Waals surface area contributed by atoms with Crippen LogP contribution in [0.3, 0.4) is 0 Å². The van der Waals surface area contributed by atoms with Crippen LogP contribution >= 0.6 is 0 Å². The number of hydrogen-bond donors (Lipinski definition) is 2. The summed E-state index contributed by atoms with van der Waals surface area (Å²) in [6.45, 7) is 4.51. The van der Waals surface area contributed by atoms with Crippen molar-refractivity contribution in [2.45, 2.75) is 33.1 Å². The molecule has 0 radical (unpaired) electrons. The van der Waals surface area contributed by atoms with E-state index in [1.165, 1.54) is 13.2 Å². The fourth-order valence-electron chi connectivity index (χ4n) is 2.21. The van der Waals surface area contributed by atoms with E-state index in [4.69, 9.17) is 9.84 Å². The van der Waals surface area contributed by atoms with Gasteiger partial charge >= 0.3 is 5.97 Å². The van der Waals surface area contributed by atoms with Crippen LogP contribution in [0.25, 0.3) is 0 Å². The predicted octanol–water partition coefficient (Wildman–Crippen LogP) is 2.49. The number of hydrogen-bond acceptors (Lipinski definition) is 3. The summed E-state index contributed by atoms with van der Waals surface area (Å²) < 4.78 is 5.21. The summed E-state index contributed by atoms with van der Waals surface area (Å²) in [6, 6.07) is 4.77. The maximum absolute atomic E-state index is 11.9. The summed E-state index contributed by atoms with van der Waals surface area (Å²) in [6.07, 6.45) is 2.27. The van der Waals surface area contributed by atoms with Gasteiger partial charge in [0.2, 0.25) is 5.91 Å². The number of rotatable bonds is 8. The van der Waals surface area contributed by atoms with Crippen molar-refractivity contribution in [3.63, 3.8) is 0 Å². The van der Waals surface area contributed by atoms with Gasteiger partial charge in [-0.25, -0.2) is 4.79 Å². The number of benzene rings is 1. The molecule has 0 aliphatic heterocycles. The summed E-state index contributed by atoms with van der Waals surface area (Å²) in [5, 5.41) is 11.9. The standard InChI is InChI=1S/C16H23NO4/c1-4-11(5-2)15(18)17-9-8-12-6-7-13(16(19)20)10-14(12)21-3/h6-7,10-11H,4-5,8-9H2,1-3H3,(H,17,18)(H,19,20). The molecule has 0 saturated carbocycles. The number of nitrogens with one attached hydrogen (secondary N) is 1. The number of carboxylic acids is 1. The van der Waals surface area contributed by atoms with Crippen molar-refractivity contribution in [1.82, 2.24) is 5.32 Å². The van der Waals surface area contributed by atoms with Crippen molar-refractivity contribution in [2.24, 2.45) is 5.92 Å². The second-order valence-corrected chi connectivity index (χ2v) is 4.89. The van der Waals surface area contributed by atoms with Gasteiger partial charge in [0.15, 0.2) is 0 Å². The van der Waals surface area contributed by atoms with E-state index in [1.54, 1.807) is 12.1 Å². The molecule has 5 nitrogen and oxygen atoms in total. The normalized spacial score (nSPS) is 10.5. The number of carbonyl (C=O) groups excluding carboxylic acids is 1. The number of ether oxygens (including phenoxy) is 1. The van der Waals surface area contributed by atoms with Crippen LogP contribution < -0.4 is 10.1 Å². The van der Waals surface area contributed by atoms with E-state index in [2.05, 4.69) is 5.32 Å². The van der Waals surface area contributed by atoms with E-state index >= 15 is 0 Å². The zero-order valence-corrected chi connectivity index (χ0v) is 12.8. The lowest BCUT2D eigenvalue weighted by Crippen LogP contribution is -2.31. The number of carbonyl (C=O) groups is 2. The smallest absolute Gasteiger partial charge is 0.335 e. The summed E-state index contributed by atoms with van der Waals surface area (Å²) in [4.78, 5) is 22.8. The SMILES string of the molecule is CCC(CC)C(=O)NCCc1ccc(C(=O)O)cc1OC. The summed E-state index contributed by atoms with van der Waals surface area (Å²) in [5.41, 5.74) is 1.07. The molecule has 1 aromatic carbocycles. The molecule has 0 aromatic heterocycles. The molecule has 0 unspecified atom stereocenters. The van der Waals surface area contributed by atoms with Gasteiger partial charge in [0.05, 0.1) is 12.7 Å². The van der Waals surface area contributed by atoms with Crippen molar-refractivity contribution < 1.29 is 19.4 Å². The zero-order valence-electron chi connectivity index (χ0n) is 12.8. The Hall–Kier alpha value is -2.04. The molecular weight excluding hydrogens is 270 g/mol. The van der Waals surface area contributed by atoms with Crippen LogP contribution in [-0.4, -0.2) is 30.6 Å². The molecule has 0 aliphatic carbocycles. The third kappa shape index (κ3) is 4.77. The zero-order chi connectivity index (χ0) is 15.8. The van der Waals surface area contributed by atoms with Crippen LogP contribution in [0.5, 0.6) is 5.75 Å². The van der Waals surface area contributed by atoms with Crippen LogP contribution in [0.2, 0.25) is 0 Å². The lowest BCUT2D eigenvalue weighted by Gasteiger charge is -2.14. The minimum atomic E-state index is -0.984. The monoisotopic (exact) mass is 293 g/mol. The lowest BCUT2D eigenvalue weighted by atomic mass is 10.0. The minimum Gasteiger partial charge on any atom is -0.496 e. The summed E-state index contributed by atoms with van der Waals surface area (Å²) >= 11 is 0. The van der Waals surface area contributed by atoms with E-state index in [9.17, 15) is 9.59 Å². The first-order valence-electron chi connectivity index (χ1n) is 7.21. The van der Waals surface area contributed by atoms with Crippen molar-refractivity contribution in [3.8, 4) is 5.75 Å². The van der Waals surface area contributed by atoms with E-state index in [-0.39, 0.29) is 17.4 Å². The summed E-state index contributed by atoms with van der Waals surface area (Å²) in [7, 11) is 1.51. The maximum Gasteiger partial charge on any atom is 0.335 e. The van der Waals surface area contributed by atoms with E-state index < -0.39 is 5.97 Å². The fourth-order valence-corrected chi connectivity index (χ4v) is 2.21. The maximum atomic E-state index is 11.9. The van der Waals surface area contributed by atoms with Crippen LogP contribution in [0, 0.1) is 5.92 Å². The molecule has 0 bridgehead atoms. The Kier molecular flexibility index (Phi) is 6.72. The lowest BCUT2D eigenvalue weighted by molar-refractivity contribution is -0.125. The van der Waals surface area contributed by atoms with E-state index in [0.29, 0.717) is 18.7 Å². The largest absolute Gasteiger partial charge is 0.496 e. The van der Waals surface area contributed by atoms with Gasteiger partial charge in [-0.2, -0.15) is 0 Å². The molecule has 5 heteroatoms. The molecule has 0 heterocycles. The molecule has 0 spiro atoms. The number of carboxylic acid groups (broad SMARTS) is 1. The molecule has 1 rings (SSSR count). The molecule has 1 aromatic rings. The van der Waals surface area contributed by atoms with Crippen molar-refractivity contribution in [2.75, 3.05) is 13.7 Å². The van der Waals surface area contributed by atoms with Gasteiger partial charge in [-0.3, -0.25) is 4.79 Å². The number of methoxy groups -OCH3 is 1. The van der Waals surface area contributed by atoms with Gasteiger partial charge in [-0.1, -0.05) is 19.9 Å². The van der Waals surface area contributed by atoms with Crippen molar-refractivity contribution >= 4 is 11.9 Å². The Morgan fingerprint density at radius 3 is 2.48 bits per heavy atom. The molecule has 0 saturated heterocycles. The Bertz CT molecular complexity index is 495. The molecule has 0 fully saturated rings. The highest BCUT2D eigenvalue weighted by atomic mass is 16.5. The Labute approximate surface area is 125 Å². The number of aromatic carboxylic acids is 1. The molecule has 0 aliphatic rings. The highest BCUT2D eigenvalue weighted by molar-refractivity contribution is 5.88. The van der Waals surface area contributed by atoms with Crippen LogP contribution in [0.4, 0.5) is 0 Å². The van der Waals surface area contributed by atoms with Gasteiger partial charge in [-0.05, 0) is 37.0 Å². The first-order chi connectivity index (χ1) is 10.0. The van der Waals surface area contributed by atoms with E-state index in [1.807, 2.05) is 13.8 Å². The molecule has 0 atom stereocenters. The predicted molar refractivity (Wildman–Crippen MR) is 80.7 cm³/mol. The first-order valence-corrected chi connectivity index (χ1v) is 7.21. The van der Waals surface area contributed by atoms with Crippen molar-refractivity contribution in [1.29, 1.82) is 0 Å². The molecule has 1 amide bonds. The Morgan fingerprint density at radius 2 is 1.95 bits per heavy atom. The van der Waals surface area contributed by atoms with Crippen LogP contribution in [0.1, 0.15) is 42.6 Å². The molecular formula is C16H23NO4. The van der Waals surface area contributed by atoms with E-state index in [0.717, 1.165) is 18.4 Å². The van der Waals surface area contributed by atoms with Gasteiger partial charge in [0.1, 0.15) is 5.75 Å². The summed E-state index contributed by atoms with van der Waals surface area (Å²) in [5.74, 6) is -0.323. The third-order valence-corrected chi connectivity index (χ3v) is 3.58. The quantitative estimate of drug-likeness (QED) is 0.772. The Balaban J connectivity index is 2.63. The highest BCUT2D eigenvalue weighted by Gasteiger charge is 2.14. The van der Waals surface area contributed by atoms with Gasteiger partial charge in [0.25, 0.3) is 0 Å². The topological polar surface area (TPSA) is 75.6 Å².